The van der Waals surface area contributed by atoms with Crippen LogP contribution in [0.25, 0.3) is 5.70 Å². The van der Waals surface area contributed by atoms with Gasteiger partial charge in [-0.25, -0.2) is 4.79 Å². The van der Waals surface area contributed by atoms with Gasteiger partial charge in [-0.15, -0.1) is 0 Å². The van der Waals surface area contributed by atoms with Gasteiger partial charge in [-0.05, 0) is 52.8 Å². The van der Waals surface area contributed by atoms with Crippen LogP contribution < -0.4 is 15.4 Å². The third kappa shape index (κ3) is 4.16. The van der Waals surface area contributed by atoms with Gasteiger partial charge in [0, 0.05) is 10.6 Å². The Morgan fingerprint density at radius 2 is 2.00 bits per heavy atom. The molecule has 0 amide bonds. The molecule has 1 atom stereocenters. The Kier molecular flexibility index (Phi) is 6.59. The molecule has 2 aromatic carbocycles. The highest BCUT2D eigenvalue weighted by Crippen LogP contribution is 2.41. The van der Waals surface area contributed by atoms with Gasteiger partial charge in [-0.3, -0.25) is 0 Å². The quantitative estimate of drug-likeness (QED) is 0.481. The van der Waals surface area contributed by atoms with Crippen molar-refractivity contribution in [2.75, 3.05) is 13.7 Å². The summed E-state index contributed by atoms with van der Waals surface area (Å²) in [7, 11) is 1.56. The van der Waals surface area contributed by atoms with E-state index in [0.717, 1.165) is 5.56 Å². The monoisotopic (exact) mass is 480 g/mol. The molecule has 1 aliphatic heterocycles. The van der Waals surface area contributed by atoms with Gasteiger partial charge in [0.25, 0.3) is 0 Å². The lowest BCUT2D eigenvalue weighted by atomic mass is 9.92. The number of carbonyl (C=O) groups excluding carboxylic acids is 1. The number of ether oxygens (including phenoxy) is 2. The third-order valence-electron chi connectivity index (χ3n) is 4.18. The largest absolute Gasteiger partial charge is 0.495 e. The molecule has 1 heterocycles. The van der Waals surface area contributed by atoms with E-state index in [0.29, 0.717) is 37.2 Å². The van der Waals surface area contributed by atoms with Crippen molar-refractivity contribution in [3.8, 4) is 5.75 Å². The fourth-order valence-electron chi connectivity index (χ4n) is 3.07. The van der Waals surface area contributed by atoms with Crippen LogP contribution in [0.1, 0.15) is 24.1 Å². The van der Waals surface area contributed by atoms with E-state index < -0.39 is 12.0 Å². The first-order chi connectivity index (χ1) is 13.5. The lowest BCUT2D eigenvalue weighted by molar-refractivity contribution is -0.138. The molecule has 0 radical (unpaired) electrons. The lowest BCUT2D eigenvalue weighted by Gasteiger charge is -2.32. The van der Waals surface area contributed by atoms with E-state index in [1.54, 1.807) is 26.2 Å². The summed E-state index contributed by atoms with van der Waals surface area (Å²) in [6.45, 7) is 2.01. The molecule has 0 bridgehead atoms. The number of halogens is 2. The number of nitrogens with one attached hydrogen (secondary N) is 2. The van der Waals surface area contributed by atoms with E-state index in [2.05, 4.69) is 26.6 Å². The van der Waals surface area contributed by atoms with Gasteiger partial charge in [0.2, 0.25) is 0 Å². The van der Waals surface area contributed by atoms with Crippen molar-refractivity contribution in [3.05, 3.63) is 68.7 Å². The van der Waals surface area contributed by atoms with Gasteiger partial charge in [0.1, 0.15) is 5.75 Å². The third-order valence-corrected chi connectivity index (χ3v) is 5.21. The lowest BCUT2D eigenvalue weighted by Crippen LogP contribution is -2.45. The predicted octanol–water partition coefficient (Wildman–Crippen LogP) is 4.60. The maximum atomic E-state index is 13.0. The first-order valence-corrected chi connectivity index (χ1v) is 10.1. The van der Waals surface area contributed by atoms with Gasteiger partial charge in [0.05, 0.1) is 35.5 Å². The van der Waals surface area contributed by atoms with E-state index in [1.807, 2.05) is 30.3 Å². The molecule has 1 aliphatic rings. The molecule has 146 valence electrons. The smallest absolute Gasteiger partial charge is 0.338 e. The van der Waals surface area contributed by atoms with Crippen molar-refractivity contribution in [1.29, 1.82) is 0 Å². The van der Waals surface area contributed by atoms with E-state index >= 15 is 0 Å². The van der Waals surface area contributed by atoms with Crippen LogP contribution in [0.3, 0.4) is 0 Å². The zero-order valence-corrected chi connectivity index (χ0v) is 18.4. The Morgan fingerprint density at radius 1 is 1.29 bits per heavy atom. The number of carbonyl (C=O) groups is 1. The molecule has 0 unspecified atom stereocenters. The standard InChI is InChI=1S/C20H18BrClN2O3S/c1-3-27-19(25)15-16(11-7-5-4-6-8-11)23-20(28)24-17(15)13-9-12(22)10-14(21)18(13)26-2/h4-10,17H,3H2,1-2H3,(H2,23,24,28)/t17-/m0/s1. The summed E-state index contributed by atoms with van der Waals surface area (Å²) in [5.41, 5.74) is 2.47. The summed E-state index contributed by atoms with van der Waals surface area (Å²) in [4.78, 5) is 13.0. The number of thiocarbonyl (C=S) groups is 1. The van der Waals surface area contributed by atoms with Gasteiger partial charge in [-0.1, -0.05) is 41.9 Å². The molecule has 8 heteroatoms. The zero-order valence-electron chi connectivity index (χ0n) is 15.2. The Morgan fingerprint density at radius 3 is 2.64 bits per heavy atom. The van der Waals surface area contributed by atoms with Crippen molar-refractivity contribution >= 4 is 56.5 Å². The highest BCUT2D eigenvalue weighted by molar-refractivity contribution is 9.10. The van der Waals surface area contributed by atoms with Gasteiger partial charge in [0.15, 0.2) is 5.11 Å². The Labute approximate surface area is 182 Å². The Balaban J connectivity index is 2.27. The second kappa shape index (κ2) is 8.94. The fourth-order valence-corrected chi connectivity index (χ4v) is 4.28. The molecule has 0 saturated heterocycles. The van der Waals surface area contributed by atoms with Gasteiger partial charge >= 0.3 is 5.97 Å². The van der Waals surface area contributed by atoms with E-state index in [4.69, 9.17) is 33.3 Å². The molecular weight excluding hydrogens is 464 g/mol. The van der Waals surface area contributed by atoms with Gasteiger partial charge in [-0.2, -0.15) is 0 Å². The molecule has 0 fully saturated rings. The molecule has 28 heavy (non-hydrogen) atoms. The molecule has 0 saturated carbocycles. The second-order valence-corrected chi connectivity index (χ2v) is 7.62. The van der Waals surface area contributed by atoms with Crippen LogP contribution >= 0.6 is 39.7 Å². The molecule has 0 spiro atoms. The Hall–Kier alpha value is -2.09. The molecule has 5 nitrogen and oxygen atoms in total. The van der Waals surface area contributed by atoms with Crippen molar-refractivity contribution in [2.45, 2.75) is 13.0 Å². The second-order valence-electron chi connectivity index (χ2n) is 5.92. The van der Waals surface area contributed by atoms with Crippen LogP contribution in [0.2, 0.25) is 5.02 Å². The van der Waals surface area contributed by atoms with Crippen molar-refractivity contribution < 1.29 is 14.3 Å². The summed E-state index contributed by atoms with van der Waals surface area (Å²) in [6.07, 6.45) is 0. The van der Waals surface area contributed by atoms with E-state index in [9.17, 15) is 4.79 Å². The molecule has 0 aliphatic carbocycles. The van der Waals surface area contributed by atoms with Crippen LogP contribution in [0, 0.1) is 0 Å². The number of benzene rings is 2. The molecule has 2 N–H and O–H groups in total. The molecule has 2 aromatic rings. The SMILES string of the molecule is CCOC(=O)C1=C(c2ccccc2)NC(=S)N[C@H]1c1cc(Cl)cc(Br)c1OC. The maximum Gasteiger partial charge on any atom is 0.338 e. The minimum atomic E-state index is -0.604. The Bertz CT molecular complexity index is 950. The fraction of sp³-hybridized carbons (Fsp3) is 0.200. The number of hydrogen-bond donors (Lipinski definition) is 2. The summed E-state index contributed by atoms with van der Waals surface area (Å²) < 4.78 is 11.6. The summed E-state index contributed by atoms with van der Waals surface area (Å²) >= 11 is 15.2. The van der Waals surface area contributed by atoms with E-state index in [1.165, 1.54) is 0 Å². The molecule has 3 rings (SSSR count). The predicted molar refractivity (Wildman–Crippen MR) is 117 cm³/mol. The van der Waals surface area contributed by atoms with Crippen molar-refractivity contribution in [1.82, 2.24) is 10.6 Å². The average molecular weight is 482 g/mol. The minimum Gasteiger partial charge on any atom is -0.495 e. The number of rotatable bonds is 5. The summed E-state index contributed by atoms with van der Waals surface area (Å²) in [5.74, 6) is 0.104. The number of hydrogen-bond acceptors (Lipinski definition) is 4. The van der Waals surface area contributed by atoms with E-state index in [-0.39, 0.29) is 6.61 Å². The highest BCUT2D eigenvalue weighted by atomic mass is 79.9. The maximum absolute atomic E-state index is 13.0. The van der Waals surface area contributed by atoms with Crippen LogP contribution in [0.15, 0.2) is 52.5 Å². The van der Waals surface area contributed by atoms with Crippen molar-refractivity contribution in [2.24, 2.45) is 0 Å². The zero-order chi connectivity index (χ0) is 20.3. The minimum absolute atomic E-state index is 0.248. The number of methoxy groups -OCH3 is 1. The molecule has 0 aromatic heterocycles. The first-order valence-electron chi connectivity index (χ1n) is 8.53. The first kappa shape index (κ1) is 20.6. The van der Waals surface area contributed by atoms with Crippen LogP contribution in [-0.2, 0) is 9.53 Å². The molecular formula is C20H18BrClN2O3S. The summed E-state index contributed by atoms with van der Waals surface area (Å²) in [6, 6.07) is 12.4. The summed E-state index contributed by atoms with van der Waals surface area (Å²) in [5, 5.41) is 7.14. The van der Waals surface area contributed by atoms with Crippen LogP contribution in [0.4, 0.5) is 0 Å². The van der Waals surface area contributed by atoms with Gasteiger partial charge < -0.3 is 20.1 Å². The van der Waals surface area contributed by atoms with Crippen LogP contribution in [-0.4, -0.2) is 24.8 Å². The topological polar surface area (TPSA) is 59.6 Å². The van der Waals surface area contributed by atoms with Crippen LogP contribution in [0.5, 0.6) is 5.75 Å². The normalized spacial score (nSPS) is 16.3. The average Bonchev–Trinajstić information content (AvgIpc) is 2.67. The number of esters is 1. The highest BCUT2D eigenvalue weighted by Gasteiger charge is 2.35. The van der Waals surface area contributed by atoms with Crippen molar-refractivity contribution in [3.63, 3.8) is 0 Å².